The highest BCUT2D eigenvalue weighted by atomic mass is 16.2. The number of likely N-dealkylation sites (N-methyl/N-ethyl adjacent to an activating group) is 1. The van der Waals surface area contributed by atoms with Gasteiger partial charge in [0.25, 0.3) is 11.5 Å². The molecule has 0 spiro atoms. The van der Waals surface area contributed by atoms with E-state index in [9.17, 15) is 9.59 Å². The van der Waals surface area contributed by atoms with Gasteiger partial charge in [0.15, 0.2) is 0 Å². The fourth-order valence-corrected chi connectivity index (χ4v) is 4.22. The molecule has 2 aromatic rings. The number of fused-ring (bicyclic) bond motifs is 1. The lowest BCUT2D eigenvalue weighted by atomic mass is 9.90. The highest BCUT2D eigenvalue weighted by molar-refractivity contribution is 5.93. The van der Waals surface area contributed by atoms with Crippen molar-refractivity contribution < 1.29 is 4.79 Å². The number of amides is 1. The SMILES string of the molecule is CN(CC1NNC2CCCCCC21)C(=O)c1cnc(Cn2cncn2)[nH]c1=O. The number of hydrogen-bond donors (Lipinski definition) is 3. The van der Waals surface area contributed by atoms with Gasteiger partial charge in [0.2, 0.25) is 0 Å². The van der Waals surface area contributed by atoms with E-state index in [1.807, 2.05) is 0 Å². The third-order valence-electron chi connectivity index (χ3n) is 5.72. The van der Waals surface area contributed by atoms with Crippen molar-refractivity contribution in [3.8, 4) is 0 Å². The van der Waals surface area contributed by atoms with Gasteiger partial charge in [0.1, 0.15) is 30.6 Å². The zero-order chi connectivity index (χ0) is 19.5. The molecule has 0 bridgehead atoms. The molecule has 3 heterocycles. The topological polar surface area (TPSA) is 121 Å². The number of rotatable bonds is 5. The van der Waals surface area contributed by atoms with Crippen LogP contribution in [0.15, 0.2) is 23.6 Å². The van der Waals surface area contributed by atoms with Crippen molar-refractivity contribution in [1.29, 1.82) is 0 Å². The number of carbonyl (C=O) groups is 1. The summed E-state index contributed by atoms with van der Waals surface area (Å²) in [6.45, 7) is 0.841. The Bertz CT molecular complexity index is 865. The first kappa shape index (κ1) is 18.8. The van der Waals surface area contributed by atoms with E-state index in [1.54, 1.807) is 16.6 Å². The summed E-state index contributed by atoms with van der Waals surface area (Å²) in [6, 6.07) is 0.660. The molecule has 150 valence electrons. The van der Waals surface area contributed by atoms with Crippen LogP contribution in [0.3, 0.4) is 0 Å². The summed E-state index contributed by atoms with van der Waals surface area (Å²) in [5.41, 5.74) is 6.35. The van der Waals surface area contributed by atoms with Crippen LogP contribution < -0.4 is 16.4 Å². The number of nitrogens with zero attached hydrogens (tertiary/aromatic N) is 5. The van der Waals surface area contributed by atoms with Crippen molar-refractivity contribution in [2.24, 2.45) is 5.92 Å². The Kier molecular flexibility index (Phi) is 5.49. The monoisotopic (exact) mass is 386 g/mol. The number of carbonyl (C=O) groups excluding carboxylic acids is 1. The van der Waals surface area contributed by atoms with E-state index < -0.39 is 5.56 Å². The Morgan fingerprint density at radius 3 is 2.93 bits per heavy atom. The van der Waals surface area contributed by atoms with Crippen LogP contribution in [0.2, 0.25) is 0 Å². The largest absolute Gasteiger partial charge is 0.340 e. The van der Waals surface area contributed by atoms with Gasteiger partial charge in [-0.15, -0.1) is 0 Å². The molecule has 28 heavy (non-hydrogen) atoms. The van der Waals surface area contributed by atoms with Crippen molar-refractivity contribution in [2.75, 3.05) is 13.6 Å². The van der Waals surface area contributed by atoms with Crippen LogP contribution in [-0.4, -0.2) is 61.2 Å². The third-order valence-corrected chi connectivity index (χ3v) is 5.72. The van der Waals surface area contributed by atoms with Gasteiger partial charge < -0.3 is 9.88 Å². The van der Waals surface area contributed by atoms with E-state index in [0.717, 1.165) is 6.42 Å². The predicted molar refractivity (Wildman–Crippen MR) is 101 cm³/mol. The van der Waals surface area contributed by atoms with Crippen LogP contribution in [-0.2, 0) is 6.54 Å². The normalized spacial score (nSPS) is 24.5. The molecular formula is C18H26N8O2. The molecule has 1 saturated heterocycles. The van der Waals surface area contributed by atoms with Gasteiger partial charge in [-0.2, -0.15) is 5.10 Å². The molecule has 1 amide bonds. The fourth-order valence-electron chi connectivity index (χ4n) is 4.22. The standard InChI is InChI=1S/C18H26N8O2/c1-25(8-15-12-5-3-2-4-6-14(12)23-24-15)18(28)13-7-20-16(22-17(13)27)9-26-11-19-10-21-26/h7,10-12,14-15,23-24H,2-6,8-9H2,1H3,(H,20,22,27). The first-order chi connectivity index (χ1) is 13.6. The van der Waals surface area contributed by atoms with E-state index >= 15 is 0 Å². The molecule has 3 unspecified atom stereocenters. The Hall–Kier alpha value is -2.59. The van der Waals surface area contributed by atoms with Gasteiger partial charge >= 0.3 is 0 Å². The maximum Gasteiger partial charge on any atom is 0.263 e. The number of hydrogen-bond acceptors (Lipinski definition) is 7. The second-order valence-electron chi connectivity index (χ2n) is 7.65. The lowest BCUT2D eigenvalue weighted by molar-refractivity contribution is 0.0772. The van der Waals surface area contributed by atoms with Gasteiger partial charge in [-0.25, -0.2) is 14.6 Å². The van der Waals surface area contributed by atoms with Crippen LogP contribution in [0.4, 0.5) is 0 Å². The molecule has 10 nitrogen and oxygen atoms in total. The van der Waals surface area contributed by atoms with E-state index in [4.69, 9.17) is 0 Å². The van der Waals surface area contributed by atoms with Gasteiger partial charge in [0, 0.05) is 31.9 Å². The second kappa shape index (κ2) is 8.19. The summed E-state index contributed by atoms with van der Waals surface area (Å²) in [4.78, 5) is 37.5. The van der Waals surface area contributed by atoms with E-state index in [1.165, 1.54) is 44.5 Å². The number of H-pyrrole nitrogens is 1. The summed E-state index contributed by atoms with van der Waals surface area (Å²) in [6.07, 6.45) is 10.4. The molecule has 3 N–H and O–H groups in total. The average molecular weight is 386 g/mol. The smallest absolute Gasteiger partial charge is 0.263 e. The lowest BCUT2D eigenvalue weighted by Gasteiger charge is -2.25. The summed E-state index contributed by atoms with van der Waals surface area (Å²) in [5, 5.41) is 3.98. The molecule has 2 aliphatic rings. The van der Waals surface area contributed by atoms with Crippen LogP contribution in [0.25, 0.3) is 0 Å². The maximum absolute atomic E-state index is 12.8. The van der Waals surface area contributed by atoms with Gasteiger partial charge in [-0.3, -0.25) is 20.4 Å². The minimum atomic E-state index is -0.438. The highest BCUT2D eigenvalue weighted by Gasteiger charge is 2.37. The molecule has 1 aliphatic heterocycles. The van der Waals surface area contributed by atoms with Crippen molar-refractivity contribution in [3.05, 3.63) is 40.6 Å². The summed E-state index contributed by atoms with van der Waals surface area (Å²) < 4.78 is 1.55. The van der Waals surface area contributed by atoms with Crippen LogP contribution in [0, 0.1) is 5.92 Å². The molecule has 0 radical (unpaired) electrons. The molecule has 3 atom stereocenters. The van der Waals surface area contributed by atoms with Crippen molar-refractivity contribution >= 4 is 5.91 Å². The minimum absolute atomic E-state index is 0.0493. The van der Waals surface area contributed by atoms with Crippen LogP contribution in [0.1, 0.15) is 48.3 Å². The summed E-state index contributed by atoms with van der Waals surface area (Å²) >= 11 is 0. The van der Waals surface area contributed by atoms with Crippen molar-refractivity contribution in [1.82, 2.24) is 40.5 Å². The molecule has 1 saturated carbocycles. The molecule has 4 rings (SSSR count). The Morgan fingerprint density at radius 1 is 1.29 bits per heavy atom. The number of aromatic amines is 1. The number of aromatic nitrogens is 5. The van der Waals surface area contributed by atoms with Crippen LogP contribution in [0.5, 0.6) is 0 Å². The quantitative estimate of drug-likeness (QED) is 0.656. The third kappa shape index (κ3) is 3.97. The summed E-state index contributed by atoms with van der Waals surface area (Å²) in [7, 11) is 1.73. The molecular weight excluding hydrogens is 360 g/mol. The number of hydrazine groups is 1. The maximum atomic E-state index is 12.8. The van der Waals surface area contributed by atoms with Crippen LogP contribution >= 0.6 is 0 Å². The Morgan fingerprint density at radius 2 is 2.14 bits per heavy atom. The first-order valence-electron chi connectivity index (χ1n) is 9.79. The highest BCUT2D eigenvalue weighted by Crippen LogP contribution is 2.29. The lowest BCUT2D eigenvalue weighted by Crippen LogP contribution is -2.44. The molecule has 10 heteroatoms. The first-order valence-corrected chi connectivity index (χ1v) is 9.79. The average Bonchev–Trinajstić information content (AvgIpc) is 3.25. The molecule has 2 aromatic heterocycles. The second-order valence-corrected chi connectivity index (χ2v) is 7.65. The Labute approximate surface area is 162 Å². The molecule has 2 fully saturated rings. The van der Waals surface area contributed by atoms with Gasteiger partial charge in [0.05, 0.1) is 0 Å². The summed E-state index contributed by atoms with van der Waals surface area (Å²) in [5.74, 6) is 0.622. The van der Waals surface area contributed by atoms with Gasteiger partial charge in [-0.1, -0.05) is 19.3 Å². The zero-order valence-electron chi connectivity index (χ0n) is 16.0. The predicted octanol–water partition coefficient (Wildman–Crippen LogP) is -0.0930. The fraction of sp³-hybridized carbons (Fsp3) is 0.611. The van der Waals surface area contributed by atoms with Crippen molar-refractivity contribution in [2.45, 2.75) is 50.7 Å². The minimum Gasteiger partial charge on any atom is -0.340 e. The molecule has 0 aromatic carbocycles. The molecule has 1 aliphatic carbocycles. The van der Waals surface area contributed by atoms with E-state index in [2.05, 4.69) is 30.9 Å². The van der Waals surface area contributed by atoms with E-state index in [-0.39, 0.29) is 17.5 Å². The zero-order valence-corrected chi connectivity index (χ0v) is 16.0. The Balaban J connectivity index is 1.41. The number of nitrogens with one attached hydrogen (secondary N) is 3. The van der Waals surface area contributed by atoms with Gasteiger partial charge in [-0.05, 0) is 18.8 Å². The van der Waals surface area contributed by atoms with E-state index in [0.29, 0.717) is 30.9 Å². The van der Waals surface area contributed by atoms with Crippen molar-refractivity contribution in [3.63, 3.8) is 0 Å².